The molecular formula is C44H42Cl2N2O2Zr. The van der Waals surface area contributed by atoms with Gasteiger partial charge in [0.05, 0.1) is 0 Å². The van der Waals surface area contributed by atoms with Gasteiger partial charge < -0.3 is 10.2 Å². The summed E-state index contributed by atoms with van der Waals surface area (Å²) in [5, 5.41) is 23.3. The summed E-state index contributed by atoms with van der Waals surface area (Å²) in [5.74, 6) is 0. The molecule has 0 atom stereocenters. The Hall–Kier alpha value is -3.96. The molecule has 0 amide bonds. The van der Waals surface area contributed by atoms with Crippen molar-refractivity contribution >= 4 is 28.4 Å². The zero-order valence-electron chi connectivity index (χ0n) is 28.8. The maximum atomic E-state index is 11.6. The molecule has 0 aliphatic heterocycles. The van der Waals surface area contributed by atoms with Crippen LogP contribution >= 0.6 is 17.0 Å². The van der Waals surface area contributed by atoms with Gasteiger partial charge in [-0.2, -0.15) is 0 Å². The van der Waals surface area contributed by atoms with Gasteiger partial charge >= 0.3 is 37.9 Å². The molecule has 0 saturated heterocycles. The molecular weight excluding hydrogens is 751 g/mol. The first-order valence-electron chi connectivity index (χ1n) is 16.5. The Morgan fingerprint density at radius 2 is 0.627 bits per heavy atom. The van der Waals surface area contributed by atoms with Gasteiger partial charge in [-0.3, -0.25) is 9.98 Å². The van der Waals surface area contributed by atoms with Crippen LogP contribution in [0.25, 0.3) is 0 Å². The summed E-state index contributed by atoms with van der Waals surface area (Å²) in [7, 11) is 13.4. The third-order valence-electron chi connectivity index (χ3n) is 8.61. The molecule has 0 aliphatic carbocycles. The minimum absolute atomic E-state index is 0.418. The normalized spacial score (nSPS) is 11.7. The first-order valence-corrected chi connectivity index (χ1v) is 22.9. The first kappa shape index (κ1) is 39.8. The number of aliphatic imine (C=N–C) groups is 2. The van der Waals surface area contributed by atoms with Crippen molar-refractivity contribution in [2.75, 3.05) is 14.1 Å². The van der Waals surface area contributed by atoms with Gasteiger partial charge in [0, 0.05) is 38.4 Å². The van der Waals surface area contributed by atoms with E-state index >= 15 is 0 Å². The Kier molecular flexibility index (Phi) is 16.2. The molecule has 0 spiro atoms. The Balaban J connectivity index is 0.000000212. The van der Waals surface area contributed by atoms with Gasteiger partial charge in [0.2, 0.25) is 0 Å². The van der Waals surface area contributed by atoms with Gasteiger partial charge in [-0.05, 0) is 33.4 Å². The van der Waals surface area contributed by atoms with Crippen molar-refractivity contribution in [3.05, 3.63) is 215 Å². The van der Waals surface area contributed by atoms with Crippen LogP contribution in [0.4, 0.5) is 0 Å². The van der Waals surface area contributed by atoms with E-state index in [0.29, 0.717) is 12.8 Å². The number of halogens is 2. The van der Waals surface area contributed by atoms with Crippen LogP contribution in [0.5, 0.6) is 0 Å². The predicted molar refractivity (Wildman–Crippen MR) is 211 cm³/mol. The van der Waals surface area contributed by atoms with E-state index in [0.717, 1.165) is 44.8 Å². The molecule has 0 radical (unpaired) electrons. The van der Waals surface area contributed by atoms with Crippen molar-refractivity contribution in [3.8, 4) is 0 Å². The zero-order valence-corrected chi connectivity index (χ0v) is 32.7. The minimum atomic E-state index is -1.12. The monoisotopic (exact) mass is 790 g/mol. The summed E-state index contributed by atoms with van der Waals surface area (Å²) < 4.78 is 0. The molecule has 51 heavy (non-hydrogen) atoms. The second-order valence-corrected chi connectivity index (χ2v) is 15.4. The fraction of sp³-hybridized carbons (Fsp3) is 0.136. The van der Waals surface area contributed by atoms with E-state index in [4.69, 9.17) is 17.0 Å². The number of nitrogens with zero attached hydrogens (tertiary/aromatic N) is 2. The molecule has 2 N–H and O–H groups in total. The van der Waals surface area contributed by atoms with Crippen molar-refractivity contribution in [1.82, 2.24) is 0 Å². The average Bonchev–Trinajstić information content (AvgIpc) is 3.21. The van der Waals surface area contributed by atoms with Crippen molar-refractivity contribution < 1.29 is 31.1 Å². The van der Waals surface area contributed by atoms with Gasteiger partial charge in [-0.25, -0.2) is 0 Å². The summed E-state index contributed by atoms with van der Waals surface area (Å²) in [6.07, 6.45) is 0.836. The summed E-state index contributed by atoms with van der Waals surface area (Å²) >= 11 is -0.826. The molecule has 6 aromatic carbocycles. The van der Waals surface area contributed by atoms with Crippen LogP contribution in [-0.2, 0) is 32.1 Å². The van der Waals surface area contributed by atoms with E-state index in [1.807, 2.05) is 182 Å². The number of benzene rings is 6. The fourth-order valence-corrected chi connectivity index (χ4v) is 5.96. The summed E-state index contributed by atoms with van der Waals surface area (Å²) in [5.41, 5.74) is 5.07. The van der Waals surface area contributed by atoms with Gasteiger partial charge in [-0.15, -0.1) is 0 Å². The third kappa shape index (κ3) is 11.0. The molecule has 0 aliphatic rings. The van der Waals surface area contributed by atoms with Crippen molar-refractivity contribution in [2.24, 2.45) is 9.98 Å². The van der Waals surface area contributed by atoms with Crippen molar-refractivity contribution in [1.29, 1.82) is 0 Å². The number of aliphatic hydroxyl groups is 2. The van der Waals surface area contributed by atoms with Gasteiger partial charge in [-0.1, -0.05) is 182 Å². The number of hydrogen-bond acceptors (Lipinski definition) is 4. The van der Waals surface area contributed by atoms with Gasteiger partial charge in [0.1, 0.15) is 11.2 Å². The van der Waals surface area contributed by atoms with E-state index in [9.17, 15) is 10.2 Å². The fourth-order valence-electron chi connectivity index (χ4n) is 5.96. The van der Waals surface area contributed by atoms with Gasteiger partial charge in [0.15, 0.2) is 0 Å². The van der Waals surface area contributed by atoms with E-state index in [-0.39, 0.29) is 0 Å². The molecule has 6 aromatic rings. The van der Waals surface area contributed by atoms with E-state index in [2.05, 4.69) is 9.98 Å². The number of hydrogen-bond donors (Lipinski definition) is 2. The third-order valence-corrected chi connectivity index (χ3v) is 8.61. The Morgan fingerprint density at radius 3 is 0.824 bits per heavy atom. The molecule has 0 heterocycles. The molecule has 0 bridgehead atoms. The van der Waals surface area contributed by atoms with E-state index in [1.165, 1.54) is 0 Å². The predicted octanol–water partition coefficient (Wildman–Crippen LogP) is 10.2. The Bertz CT molecular complexity index is 1690. The summed E-state index contributed by atoms with van der Waals surface area (Å²) in [4.78, 5) is 8.90. The van der Waals surface area contributed by atoms with Crippen LogP contribution in [0.1, 0.15) is 46.2 Å². The molecule has 0 fully saturated rings. The van der Waals surface area contributed by atoms with Crippen LogP contribution in [0.15, 0.2) is 192 Å². The van der Waals surface area contributed by atoms with Crippen molar-refractivity contribution in [3.63, 3.8) is 0 Å². The second-order valence-electron chi connectivity index (χ2n) is 11.7. The van der Waals surface area contributed by atoms with E-state index < -0.39 is 32.1 Å². The first-order chi connectivity index (χ1) is 24.9. The Labute approximate surface area is 320 Å². The molecule has 0 unspecified atom stereocenters. The molecule has 258 valence electrons. The van der Waals surface area contributed by atoms with Crippen LogP contribution in [-0.4, -0.2) is 35.7 Å². The van der Waals surface area contributed by atoms with Crippen LogP contribution in [0.2, 0.25) is 0 Å². The quantitative estimate of drug-likeness (QED) is 0.136. The average molecular weight is 793 g/mol. The zero-order chi connectivity index (χ0) is 36.4. The number of rotatable bonds is 10. The topological polar surface area (TPSA) is 65.2 Å². The molecule has 6 rings (SSSR count). The molecule has 0 saturated carbocycles. The molecule has 0 aromatic heterocycles. The molecule has 4 nitrogen and oxygen atoms in total. The van der Waals surface area contributed by atoms with Crippen LogP contribution in [0.3, 0.4) is 0 Å². The van der Waals surface area contributed by atoms with Crippen LogP contribution in [0, 0.1) is 0 Å². The summed E-state index contributed by atoms with van der Waals surface area (Å²) in [6.45, 7) is 0. The summed E-state index contributed by atoms with van der Waals surface area (Å²) in [6, 6.07) is 59.2. The molecule has 7 heteroatoms. The van der Waals surface area contributed by atoms with Crippen LogP contribution < -0.4 is 0 Å². The SMILES string of the molecule is CN=C(CC(O)(c1ccccc1)c1ccccc1)c1ccccc1.CN=C(CC(O)(c1ccccc1)c1ccccc1)c1ccccc1.[Cl][Zr][Cl]. The van der Waals surface area contributed by atoms with Crippen molar-refractivity contribution in [2.45, 2.75) is 24.0 Å². The Morgan fingerprint density at radius 1 is 0.431 bits per heavy atom. The standard InChI is InChI=1S/2C22H21NO.2ClH.Zr/c2*1-23-21(18-11-5-2-6-12-18)17-22(24,19-13-7-3-8-14-19)20-15-9-4-10-16-20;;;/h2*2-16,24H,17H2,1H3;2*1H;/q;;;;+2/p-2. The van der Waals surface area contributed by atoms with Gasteiger partial charge in [0.25, 0.3) is 0 Å². The second kappa shape index (κ2) is 20.8. The van der Waals surface area contributed by atoms with E-state index in [1.54, 1.807) is 14.1 Å². The maximum absolute atomic E-state index is 11.6.